The minimum atomic E-state index is -0.288. The standard InChI is InChI=1S/C6H8N2O2/c1-10-6(9)5-8-4-2-3-7-8/h2-4H,5H2,1H3. The van der Waals surface area contributed by atoms with Gasteiger partial charge in [0.15, 0.2) is 0 Å². The second-order valence-corrected chi connectivity index (χ2v) is 1.78. The number of methoxy groups -OCH3 is 1. The molecule has 10 heavy (non-hydrogen) atoms. The summed E-state index contributed by atoms with van der Waals surface area (Å²) in [7, 11) is 1.35. The van der Waals surface area contributed by atoms with E-state index in [9.17, 15) is 4.79 Å². The van der Waals surface area contributed by atoms with Crippen LogP contribution >= 0.6 is 0 Å². The lowest BCUT2D eigenvalue weighted by Gasteiger charge is -1.97. The molecule has 0 aliphatic carbocycles. The van der Waals surface area contributed by atoms with Crippen LogP contribution in [0.25, 0.3) is 0 Å². The summed E-state index contributed by atoms with van der Waals surface area (Å²) in [5, 5.41) is 3.82. The highest BCUT2D eigenvalue weighted by Crippen LogP contribution is 1.85. The monoisotopic (exact) mass is 140 g/mol. The van der Waals surface area contributed by atoms with Gasteiger partial charge in [-0.15, -0.1) is 0 Å². The highest BCUT2D eigenvalue weighted by atomic mass is 16.5. The number of carbonyl (C=O) groups is 1. The van der Waals surface area contributed by atoms with Crippen LogP contribution in [0.4, 0.5) is 0 Å². The Labute approximate surface area is 58.4 Å². The second-order valence-electron chi connectivity index (χ2n) is 1.78. The van der Waals surface area contributed by atoms with Crippen molar-refractivity contribution in [3.05, 3.63) is 18.5 Å². The van der Waals surface area contributed by atoms with Crippen molar-refractivity contribution in [3.8, 4) is 0 Å². The molecule has 0 aliphatic heterocycles. The maximum atomic E-state index is 10.6. The van der Waals surface area contributed by atoms with Crippen LogP contribution in [0.3, 0.4) is 0 Å². The van der Waals surface area contributed by atoms with Crippen LogP contribution in [0.5, 0.6) is 0 Å². The first kappa shape index (κ1) is 6.80. The van der Waals surface area contributed by atoms with Gasteiger partial charge in [0.1, 0.15) is 6.54 Å². The highest BCUT2D eigenvalue weighted by molar-refractivity contribution is 5.68. The Morgan fingerprint density at radius 1 is 1.80 bits per heavy atom. The molecule has 1 heterocycles. The maximum absolute atomic E-state index is 10.6. The number of ether oxygens (including phenoxy) is 1. The van der Waals surface area contributed by atoms with Crippen molar-refractivity contribution in [2.24, 2.45) is 0 Å². The minimum Gasteiger partial charge on any atom is -0.468 e. The van der Waals surface area contributed by atoms with E-state index in [4.69, 9.17) is 0 Å². The first-order valence-corrected chi connectivity index (χ1v) is 2.87. The summed E-state index contributed by atoms with van der Waals surface area (Å²) in [6, 6.07) is 1.75. The number of esters is 1. The smallest absolute Gasteiger partial charge is 0.327 e. The summed E-state index contributed by atoms with van der Waals surface area (Å²) in [5.74, 6) is -0.288. The van der Waals surface area contributed by atoms with Gasteiger partial charge in [-0.2, -0.15) is 5.10 Å². The third kappa shape index (κ3) is 1.58. The molecule has 0 saturated heterocycles. The minimum absolute atomic E-state index is 0.184. The molecular formula is C6H8N2O2. The molecule has 0 bridgehead atoms. The van der Waals surface area contributed by atoms with Crippen LogP contribution in [0.15, 0.2) is 18.5 Å². The van der Waals surface area contributed by atoms with E-state index in [0.29, 0.717) is 0 Å². The Morgan fingerprint density at radius 3 is 3.10 bits per heavy atom. The predicted molar refractivity (Wildman–Crippen MR) is 34.2 cm³/mol. The lowest BCUT2D eigenvalue weighted by molar-refractivity contribution is -0.141. The van der Waals surface area contributed by atoms with E-state index in [1.54, 1.807) is 18.5 Å². The summed E-state index contributed by atoms with van der Waals surface area (Å²) >= 11 is 0. The zero-order valence-electron chi connectivity index (χ0n) is 5.65. The van der Waals surface area contributed by atoms with E-state index in [1.807, 2.05) is 0 Å². The first-order chi connectivity index (χ1) is 4.83. The predicted octanol–water partition coefficient (Wildman–Crippen LogP) is 0.0561. The maximum Gasteiger partial charge on any atom is 0.327 e. The molecule has 0 atom stereocenters. The fourth-order valence-electron chi connectivity index (χ4n) is 0.591. The lowest BCUT2D eigenvalue weighted by Crippen LogP contribution is -2.11. The normalized spacial score (nSPS) is 9.30. The molecule has 0 aromatic carbocycles. The van der Waals surface area contributed by atoms with Crippen molar-refractivity contribution in [2.75, 3.05) is 7.11 Å². The van der Waals surface area contributed by atoms with Crippen molar-refractivity contribution < 1.29 is 9.53 Å². The Kier molecular flexibility index (Phi) is 2.04. The number of hydrogen-bond donors (Lipinski definition) is 0. The Morgan fingerprint density at radius 2 is 2.60 bits per heavy atom. The molecule has 0 amide bonds. The van der Waals surface area contributed by atoms with Gasteiger partial charge in [0, 0.05) is 12.4 Å². The summed E-state index contributed by atoms with van der Waals surface area (Å²) in [5.41, 5.74) is 0. The number of nitrogens with zero attached hydrogens (tertiary/aromatic N) is 2. The number of hydrogen-bond acceptors (Lipinski definition) is 3. The zero-order chi connectivity index (χ0) is 7.40. The molecule has 0 unspecified atom stereocenters. The van der Waals surface area contributed by atoms with Crippen LogP contribution in [0.1, 0.15) is 0 Å². The SMILES string of the molecule is COC(=O)Cn1cccn1. The zero-order valence-corrected chi connectivity index (χ0v) is 5.65. The molecule has 54 valence electrons. The van der Waals surface area contributed by atoms with Crippen LogP contribution in [-0.2, 0) is 16.1 Å². The average Bonchev–Trinajstić information content (AvgIpc) is 2.40. The Balaban J connectivity index is 2.48. The highest BCUT2D eigenvalue weighted by Gasteiger charge is 1.99. The van der Waals surface area contributed by atoms with Crippen molar-refractivity contribution in [1.29, 1.82) is 0 Å². The molecule has 1 aromatic heterocycles. The third-order valence-corrected chi connectivity index (χ3v) is 1.08. The van der Waals surface area contributed by atoms with Crippen molar-refractivity contribution in [2.45, 2.75) is 6.54 Å². The number of aromatic nitrogens is 2. The van der Waals surface area contributed by atoms with E-state index in [2.05, 4.69) is 9.84 Å². The fourth-order valence-corrected chi connectivity index (χ4v) is 0.591. The van der Waals surface area contributed by atoms with Crippen LogP contribution in [-0.4, -0.2) is 22.9 Å². The van der Waals surface area contributed by atoms with E-state index in [1.165, 1.54) is 11.8 Å². The van der Waals surface area contributed by atoms with Gasteiger partial charge >= 0.3 is 5.97 Å². The largest absolute Gasteiger partial charge is 0.468 e. The molecule has 0 spiro atoms. The van der Waals surface area contributed by atoms with E-state index in [0.717, 1.165) is 0 Å². The van der Waals surface area contributed by atoms with Gasteiger partial charge in [-0.3, -0.25) is 9.48 Å². The molecule has 0 aliphatic rings. The van der Waals surface area contributed by atoms with Crippen LogP contribution in [0.2, 0.25) is 0 Å². The molecule has 0 fully saturated rings. The third-order valence-electron chi connectivity index (χ3n) is 1.08. The molecule has 0 N–H and O–H groups in total. The number of carbonyl (C=O) groups excluding carboxylic acids is 1. The van der Waals surface area contributed by atoms with Crippen molar-refractivity contribution in [3.63, 3.8) is 0 Å². The Bertz CT molecular complexity index is 206. The van der Waals surface area contributed by atoms with Gasteiger partial charge in [-0.25, -0.2) is 0 Å². The number of rotatable bonds is 2. The quantitative estimate of drug-likeness (QED) is 0.545. The fraction of sp³-hybridized carbons (Fsp3) is 0.333. The van der Waals surface area contributed by atoms with Gasteiger partial charge in [-0.1, -0.05) is 0 Å². The van der Waals surface area contributed by atoms with Crippen LogP contribution < -0.4 is 0 Å². The van der Waals surface area contributed by atoms with E-state index >= 15 is 0 Å². The first-order valence-electron chi connectivity index (χ1n) is 2.87. The molecule has 0 radical (unpaired) electrons. The summed E-state index contributed by atoms with van der Waals surface area (Å²) in [4.78, 5) is 10.6. The second kappa shape index (κ2) is 3.00. The van der Waals surface area contributed by atoms with Crippen molar-refractivity contribution in [1.82, 2.24) is 9.78 Å². The lowest BCUT2D eigenvalue weighted by atomic mass is 10.6. The van der Waals surface area contributed by atoms with E-state index < -0.39 is 0 Å². The molecule has 1 rings (SSSR count). The van der Waals surface area contributed by atoms with Crippen LogP contribution in [0, 0.1) is 0 Å². The van der Waals surface area contributed by atoms with Gasteiger partial charge in [0.05, 0.1) is 7.11 Å². The molecule has 1 aromatic rings. The Hall–Kier alpha value is -1.32. The summed E-state index contributed by atoms with van der Waals surface area (Å²) in [6.07, 6.45) is 3.32. The molecular weight excluding hydrogens is 132 g/mol. The van der Waals surface area contributed by atoms with Gasteiger partial charge < -0.3 is 4.74 Å². The molecule has 4 heteroatoms. The summed E-state index contributed by atoms with van der Waals surface area (Å²) < 4.78 is 5.93. The topological polar surface area (TPSA) is 44.1 Å². The van der Waals surface area contributed by atoms with Gasteiger partial charge in [0.25, 0.3) is 0 Å². The molecule has 4 nitrogen and oxygen atoms in total. The van der Waals surface area contributed by atoms with Gasteiger partial charge in [-0.05, 0) is 6.07 Å². The van der Waals surface area contributed by atoms with Gasteiger partial charge in [0.2, 0.25) is 0 Å². The summed E-state index contributed by atoms with van der Waals surface area (Å²) in [6.45, 7) is 0.184. The van der Waals surface area contributed by atoms with Crippen molar-refractivity contribution >= 4 is 5.97 Å². The average molecular weight is 140 g/mol. The molecule has 0 saturated carbocycles. The van der Waals surface area contributed by atoms with E-state index in [-0.39, 0.29) is 12.5 Å².